The predicted octanol–water partition coefficient (Wildman–Crippen LogP) is 3.77. The summed E-state index contributed by atoms with van der Waals surface area (Å²) >= 11 is 0. The van der Waals surface area contributed by atoms with Crippen LogP contribution in [0.1, 0.15) is 5.56 Å². The minimum Gasteiger partial charge on any atom is -0.225 e. The molecule has 0 nitrogen and oxygen atoms in total. The zero-order valence-corrected chi connectivity index (χ0v) is 8.03. The molecule has 0 atom stereocenters. The van der Waals surface area contributed by atoms with E-state index in [1.807, 2.05) is 0 Å². The minimum atomic E-state index is -5.69. The first-order valence-corrected chi connectivity index (χ1v) is 4.48. The lowest BCUT2D eigenvalue weighted by Crippen LogP contribution is -2.82. The fraction of sp³-hybridized carbons (Fsp3) is 0.400. The Morgan fingerprint density at radius 2 is 1.00 bits per heavy atom. The summed E-state index contributed by atoms with van der Waals surface area (Å²) in [5.41, 5.74) is -5.84. The SMILES string of the molecule is FC1(F)C(F)(F)C(F)(c2ccccc2)C1(F)F. The van der Waals surface area contributed by atoms with Gasteiger partial charge in [0.25, 0.3) is 5.67 Å². The van der Waals surface area contributed by atoms with Gasteiger partial charge in [-0.3, -0.25) is 0 Å². The summed E-state index contributed by atoms with van der Waals surface area (Å²) in [6, 6.07) is 4.53. The van der Waals surface area contributed by atoms with Gasteiger partial charge in [-0.25, -0.2) is 4.39 Å². The summed E-state index contributed by atoms with van der Waals surface area (Å²) in [7, 11) is 0. The lowest BCUT2D eigenvalue weighted by molar-refractivity contribution is -0.479. The van der Waals surface area contributed by atoms with Crippen molar-refractivity contribution in [2.24, 2.45) is 0 Å². The maximum atomic E-state index is 13.7. The predicted molar refractivity (Wildman–Crippen MR) is 44.1 cm³/mol. The Morgan fingerprint density at radius 1 is 0.588 bits per heavy atom. The average molecular weight is 258 g/mol. The van der Waals surface area contributed by atoms with Crippen LogP contribution in [0.5, 0.6) is 0 Å². The Bertz CT molecular complexity index is 419. The van der Waals surface area contributed by atoms with Crippen molar-refractivity contribution in [2.45, 2.75) is 23.4 Å². The summed E-state index contributed by atoms with van der Waals surface area (Å²) in [5.74, 6) is -16.6. The Balaban J connectivity index is 2.60. The van der Waals surface area contributed by atoms with Crippen LogP contribution in [0.3, 0.4) is 0 Å². The van der Waals surface area contributed by atoms with Crippen LogP contribution < -0.4 is 0 Å². The molecule has 1 aliphatic rings. The molecule has 1 fully saturated rings. The van der Waals surface area contributed by atoms with Gasteiger partial charge >= 0.3 is 17.8 Å². The van der Waals surface area contributed by atoms with Crippen LogP contribution in [0.2, 0.25) is 0 Å². The molecule has 0 saturated heterocycles. The molecule has 0 unspecified atom stereocenters. The minimum absolute atomic E-state index is 0.622. The topological polar surface area (TPSA) is 0 Å². The van der Waals surface area contributed by atoms with Gasteiger partial charge in [-0.1, -0.05) is 30.3 Å². The van der Waals surface area contributed by atoms with E-state index in [2.05, 4.69) is 0 Å². The van der Waals surface area contributed by atoms with E-state index in [0.29, 0.717) is 12.1 Å². The van der Waals surface area contributed by atoms with E-state index in [1.54, 1.807) is 0 Å². The first-order chi connectivity index (χ1) is 7.61. The summed E-state index contributed by atoms with van der Waals surface area (Å²) in [6.45, 7) is 0. The van der Waals surface area contributed by atoms with Gasteiger partial charge in [0, 0.05) is 5.56 Å². The second-order valence-corrected chi connectivity index (χ2v) is 3.75. The zero-order valence-electron chi connectivity index (χ0n) is 8.03. The molecule has 0 bridgehead atoms. The lowest BCUT2D eigenvalue weighted by Gasteiger charge is -2.54. The van der Waals surface area contributed by atoms with E-state index in [1.165, 1.54) is 6.07 Å². The van der Waals surface area contributed by atoms with Crippen molar-refractivity contribution in [3.63, 3.8) is 0 Å². The van der Waals surface area contributed by atoms with Gasteiger partial charge in [0.05, 0.1) is 0 Å². The largest absolute Gasteiger partial charge is 0.379 e. The quantitative estimate of drug-likeness (QED) is 0.672. The van der Waals surface area contributed by atoms with E-state index in [4.69, 9.17) is 0 Å². The molecule has 0 aromatic heterocycles. The molecule has 0 spiro atoms. The summed E-state index contributed by atoms with van der Waals surface area (Å²) in [6.07, 6.45) is 0. The number of benzene rings is 1. The number of halogens is 7. The molecule has 2 rings (SSSR count). The van der Waals surface area contributed by atoms with E-state index >= 15 is 0 Å². The molecule has 1 saturated carbocycles. The van der Waals surface area contributed by atoms with Crippen LogP contribution in [0, 0.1) is 0 Å². The van der Waals surface area contributed by atoms with Crippen molar-refractivity contribution in [3.8, 4) is 0 Å². The fourth-order valence-electron chi connectivity index (χ4n) is 1.79. The molecular formula is C10H5F7. The van der Waals surface area contributed by atoms with Crippen LogP contribution in [0.4, 0.5) is 30.7 Å². The monoisotopic (exact) mass is 258 g/mol. The molecule has 94 valence electrons. The zero-order chi connectivity index (χ0) is 13.1. The number of hydrogen-bond acceptors (Lipinski definition) is 0. The van der Waals surface area contributed by atoms with Gasteiger partial charge in [0.1, 0.15) is 0 Å². The van der Waals surface area contributed by atoms with Crippen LogP contribution in [-0.4, -0.2) is 17.8 Å². The molecule has 0 N–H and O–H groups in total. The molecule has 0 radical (unpaired) electrons. The van der Waals surface area contributed by atoms with Crippen molar-refractivity contribution in [1.29, 1.82) is 0 Å². The summed E-state index contributed by atoms with van der Waals surface area (Å²) < 4.78 is 90.5. The second kappa shape index (κ2) is 2.94. The maximum absolute atomic E-state index is 13.7. The van der Waals surface area contributed by atoms with Crippen molar-refractivity contribution < 1.29 is 30.7 Å². The van der Waals surface area contributed by atoms with E-state index in [-0.39, 0.29) is 0 Å². The molecule has 7 heteroatoms. The second-order valence-electron chi connectivity index (χ2n) is 3.75. The lowest BCUT2D eigenvalue weighted by atomic mass is 9.66. The molecule has 0 aliphatic heterocycles. The summed E-state index contributed by atoms with van der Waals surface area (Å²) in [4.78, 5) is 0. The third kappa shape index (κ3) is 1.01. The number of hydrogen-bond donors (Lipinski definition) is 0. The van der Waals surface area contributed by atoms with Crippen molar-refractivity contribution in [2.75, 3.05) is 0 Å². The van der Waals surface area contributed by atoms with E-state index in [0.717, 1.165) is 12.1 Å². The Labute approximate surface area is 91.0 Å². The van der Waals surface area contributed by atoms with E-state index < -0.39 is 29.0 Å². The van der Waals surface area contributed by atoms with Gasteiger partial charge in [0.15, 0.2) is 0 Å². The van der Waals surface area contributed by atoms with Crippen molar-refractivity contribution >= 4 is 0 Å². The Kier molecular flexibility index (Phi) is 2.11. The molecule has 0 amide bonds. The summed E-state index contributed by atoms with van der Waals surface area (Å²) in [5, 5.41) is 0. The third-order valence-corrected chi connectivity index (χ3v) is 2.83. The molecular weight excluding hydrogens is 253 g/mol. The fourth-order valence-corrected chi connectivity index (χ4v) is 1.79. The van der Waals surface area contributed by atoms with Crippen molar-refractivity contribution in [1.82, 2.24) is 0 Å². The first-order valence-electron chi connectivity index (χ1n) is 4.48. The highest BCUT2D eigenvalue weighted by molar-refractivity contribution is 5.39. The average Bonchev–Trinajstić information content (AvgIpc) is 2.27. The highest BCUT2D eigenvalue weighted by atomic mass is 19.4. The molecule has 1 aliphatic carbocycles. The molecule has 1 aromatic rings. The highest BCUT2D eigenvalue weighted by Crippen LogP contribution is 2.72. The third-order valence-electron chi connectivity index (χ3n) is 2.83. The van der Waals surface area contributed by atoms with Gasteiger partial charge in [-0.15, -0.1) is 0 Å². The van der Waals surface area contributed by atoms with Crippen LogP contribution in [0.25, 0.3) is 0 Å². The smallest absolute Gasteiger partial charge is 0.225 e. The van der Waals surface area contributed by atoms with Crippen LogP contribution >= 0.6 is 0 Å². The van der Waals surface area contributed by atoms with Crippen molar-refractivity contribution in [3.05, 3.63) is 35.9 Å². The molecule has 0 heterocycles. The molecule has 17 heavy (non-hydrogen) atoms. The normalized spacial score (nSPS) is 27.2. The first kappa shape index (κ1) is 12.2. The molecule has 1 aromatic carbocycles. The van der Waals surface area contributed by atoms with Crippen LogP contribution in [-0.2, 0) is 5.67 Å². The number of rotatable bonds is 1. The Morgan fingerprint density at radius 3 is 1.41 bits per heavy atom. The van der Waals surface area contributed by atoms with Gasteiger partial charge in [0.2, 0.25) is 0 Å². The standard InChI is InChI=1S/C10H5F7/c11-7(6-4-2-1-3-5-6)8(12,13)10(16,17)9(7,14)15/h1-5H. The van der Waals surface area contributed by atoms with Crippen LogP contribution in [0.15, 0.2) is 30.3 Å². The maximum Gasteiger partial charge on any atom is 0.379 e. The highest BCUT2D eigenvalue weighted by Gasteiger charge is 3.00. The van der Waals surface area contributed by atoms with Gasteiger partial charge in [-0.2, -0.15) is 26.3 Å². The van der Waals surface area contributed by atoms with Gasteiger partial charge < -0.3 is 0 Å². The Hall–Kier alpha value is -1.27. The van der Waals surface area contributed by atoms with Gasteiger partial charge in [-0.05, 0) is 0 Å². The number of alkyl halides is 7. The van der Waals surface area contributed by atoms with E-state index in [9.17, 15) is 30.7 Å².